The van der Waals surface area contributed by atoms with Crippen molar-refractivity contribution in [2.45, 2.75) is 6.92 Å². The molecule has 3 rings (SSSR count). The Bertz CT molecular complexity index is 590. The van der Waals surface area contributed by atoms with Crippen LogP contribution in [0.4, 0.5) is 5.69 Å². The normalized spacial score (nSPS) is 13.7. The number of hydrogen-bond acceptors (Lipinski definition) is 4. The molecule has 0 unspecified atom stereocenters. The van der Waals surface area contributed by atoms with Crippen molar-refractivity contribution in [3.05, 3.63) is 28.1 Å². The van der Waals surface area contributed by atoms with Crippen LogP contribution in [0.5, 0.6) is 11.5 Å². The monoisotopic (exact) mass is 281 g/mol. The summed E-state index contributed by atoms with van der Waals surface area (Å²) in [5.74, 6) is 1.45. The fourth-order valence-electron chi connectivity index (χ4n) is 1.91. The number of hydrogen-bond donors (Lipinski definition) is 1. The maximum atomic E-state index is 6.10. The zero-order valence-corrected chi connectivity index (χ0v) is 11.4. The Hall–Kier alpha value is -1.39. The first-order valence-corrected chi connectivity index (χ1v) is 6.80. The van der Waals surface area contributed by atoms with E-state index in [4.69, 9.17) is 26.8 Å². The highest BCUT2D eigenvalue weighted by Gasteiger charge is 2.17. The van der Waals surface area contributed by atoms with Crippen LogP contribution in [0.1, 0.15) is 5.56 Å². The maximum Gasteiger partial charge on any atom is 0.163 e. The van der Waals surface area contributed by atoms with Gasteiger partial charge in [-0.1, -0.05) is 11.6 Å². The first-order valence-electron chi connectivity index (χ1n) is 5.60. The predicted molar refractivity (Wildman–Crippen MR) is 74.9 cm³/mol. The van der Waals surface area contributed by atoms with Crippen LogP contribution < -0.4 is 15.2 Å². The Labute approximate surface area is 114 Å². The summed E-state index contributed by atoms with van der Waals surface area (Å²) in [7, 11) is 0. The third-order valence-corrected chi connectivity index (χ3v) is 4.43. The molecule has 3 nitrogen and oxygen atoms in total. The molecule has 0 saturated carbocycles. The minimum Gasteiger partial charge on any atom is -0.486 e. The van der Waals surface area contributed by atoms with E-state index in [9.17, 15) is 0 Å². The molecule has 1 aliphatic heterocycles. The average molecular weight is 282 g/mol. The number of rotatable bonds is 1. The van der Waals surface area contributed by atoms with Gasteiger partial charge >= 0.3 is 0 Å². The van der Waals surface area contributed by atoms with Gasteiger partial charge in [0.05, 0.1) is 4.34 Å². The van der Waals surface area contributed by atoms with Crippen LogP contribution in [0.15, 0.2) is 18.2 Å². The van der Waals surface area contributed by atoms with Crippen LogP contribution in [0.3, 0.4) is 0 Å². The van der Waals surface area contributed by atoms with Crippen LogP contribution >= 0.6 is 22.9 Å². The van der Waals surface area contributed by atoms with E-state index in [1.165, 1.54) is 11.3 Å². The number of benzene rings is 1. The standard InChI is InChI=1S/C13H12ClNO2S/c1-7-4-12(18-13(7)14)8-5-10-11(6-9(8)15)17-3-2-16-10/h4-6H,2-3,15H2,1H3. The maximum absolute atomic E-state index is 6.10. The molecule has 0 atom stereocenters. The van der Waals surface area contributed by atoms with Gasteiger partial charge in [0.25, 0.3) is 0 Å². The Morgan fingerprint density at radius 3 is 2.44 bits per heavy atom. The molecule has 18 heavy (non-hydrogen) atoms. The number of halogens is 1. The summed E-state index contributed by atoms with van der Waals surface area (Å²) < 4.78 is 11.9. The van der Waals surface area contributed by atoms with Gasteiger partial charge in [0, 0.05) is 22.2 Å². The fraction of sp³-hybridized carbons (Fsp3) is 0.231. The van der Waals surface area contributed by atoms with Crippen molar-refractivity contribution in [2.24, 2.45) is 0 Å². The molecule has 2 aromatic rings. The molecule has 2 N–H and O–H groups in total. The number of thiophene rings is 1. The van der Waals surface area contributed by atoms with E-state index in [0.29, 0.717) is 24.7 Å². The highest BCUT2D eigenvalue weighted by atomic mass is 35.5. The summed E-state index contributed by atoms with van der Waals surface area (Å²) in [6.07, 6.45) is 0. The van der Waals surface area contributed by atoms with Gasteiger partial charge in [0.2, 0.25) is 0 Å². The van der Waals surface area contributed by atoms with Crippen molar-refractivity contribution in [3.8, 4) is 21.9 Å². The van der Waals surface area contributed by atoms with Gasteiger partial charge in [-0.15, -0.1) is 11.3 Å². The quantitative estimate of drug-likeness (QED) is 0.810. The SMILES string of the molecule is Cc1cc(-c2cc3c(cc2N)OCCO3)sc1Cl. The number of anilines is 1. The largest absolute Gasteiger partial charge is 0.486 e. The molecule has 0 spiro atoms. The van der Waals surface area contributed by atoms with Gasteiger partial charge < -0.3 is 15.2 Å². The molecule has 0 radical (unpaired) electrons. The van der Waals surface area contributed by atoms with Crippen molar-refractivity contribution in [1.82, 2.24) is 0 Å². The van der Waals surface area contributed by atoms with Crippen LogP contribution in [0.25, 0.3) is 10.4 Å². The van der Waals surface area contributed by atoms with Crippen molar-refractivity contribution in [2.75, 3.05) is 18.9 Å². The van der Waals surface area contributed by atoms with Gasteiger partial charge in [-0.2, -0.15) is 0 Å². The summed E-state index contributed by atoms with van der Waals surface area (Å²) in [6, 6.07) is 5.77. The lowest BCUT2D eigenvalue weighted by Crippen LogP contribution is -2.15. The highest BCUT2D eigenvalue weighted by molar-refractivity contribution is 7.19. The number of ether oxygens (including phenoxy) is 2. The molecule has 0 aliphatic carbocycles. The van der Waals surface area contributed by atoms with Crippen molar-refractivity contribution >= 4 is 28.6 Å². The van der Waals surface area contributed by atoms with Crippen LogP contribution in [-0.4, -0.2) is 13.2 Å². The molecule has 0 saturated heterocycles. The first-order chi connectivity index (χ1) is 8.65. The lowest BCUT2D eigenvalue weighted by Gasteiger charge is -2.19. The molecule has 0 amide bonds. The average Bonchev–Trinajstić information content (AvgIpc) is 2.68. The van der Waals surface area contributed by atoms with Crippen LogP contribution in [0.2, 0.25) is 4.34 Å². The van der Waals surface area contributed by atoms with Gasteiger partial charge in [0.15, 0.2) is 11.5 Å². The Kier molecular flexibility index (Phi) is 2.84. The Morgan fingerprint density at radius 2 is 1.83 bits per heavy atom. The third kappa shape index (κ3) is 1.91. The van der Waals surface area contributed by atoms with Gasteiger partial charge in [-0.3, -0.25) is 0 Å². The van der Waals surface area contributed by atoms with Gasteiger partial charge in [-0.05, 0) is 24.6 Å². The number of nitrogens with two attached hydrogens (primary N) is 1. The summed E-state index contributed by atoms with van der Waals surface area (Å²) in [5, 5.41) is 0. The van der Waals surface area contributed by atoms with Crippen molar-refractivity contribution in [3.63, 3.8) is 0 Å². The van der Waals surface area contributed by atoms with E-state index in [1.54, 1.807) is 0 Å². The minimum absolute atomic E-state index is 0.565. The topological polar surface area (TPSA) is 44.5 Å². The van der Waals surface area contributed by atoms with E-state index >= 15 is 0 Å². The molecule has 2 heterocycles. The Morgan fingerprint density at radius 1 is 1.17 bits per heavy atom. The lowest BCUT2D eigenvalue weighted by atomic mass is 10.1. The summed E-state index contributed by atoms with van der Waals surface area (Å²) in [4.78, 5) is 1.05. The van der Waals surface area contributed by atoms with Crippen LogP contribution in [0, 0.1) is 6.92 Å². The zero-order valence-electron chi connectivity index (χ0n) is 9.83. The van der Waals surface area contributed by atoms with Crippen molar-refractivity contribution in [1.29, 1.82) is 0 Å². The molecule has 0 fully saturated rings. The molecular weight excluding hydrogens is 270 g/mol. The summed E-state index contributed by atoms with van der Waals surface area (Å²) in [5.41, 5.74) is 8.75. The van der Waals surface area contributed by atoms with Crippen molar-refractivity contribution < 1.29 is 9.47 Å². The van der Waals surface area contributed by atoms with E-state index in [-0.39, 0.29) is 0 Å². The van der Waals surface area contributed by atoms with Crippen LogP contribution in [-0.2, 0) is 0 Å². The Balaban J connectivity index is 2.11. The fourth-order valence-corrected chi connectivity index (χ4v) is 3.15. The molecule has 1 aliphatic rings. The number of nitrogen functional groups attached to an aromatic ring is 1. The lowest BCUT2D eigenvalue weighted by molar-refractivity contribution is 0.172. The molecule has 1 aromatic heterocycles. The first kappa shape index (κ1) is 11.7. The molecule has 0 bridgehead atoms. The molecular formula is C13H12ClNO2S. The number of aryl methyl sites for hydroxylation is 1. The second-order valence-corrected chi connectivity index (χ2v) is 5.80. The van der Waals surface area contributed by atoms with E-state index in [2.05, 4.69) is 0 Å². The highest BCUT2D eigenvalue weighted by Crippen LogP contribution is 2.42. The van der Waals surface area contributed by atoms with Gasteiger partial charge in [-0.25, -0.2) is 0 Å². The molecule has 5 heteroatoms. The molecule has 94 valence electrons. The van der Waals surface area contributed by atoms with Gasteiger partial charge in [0.1, 0.15) is 13.2 Å². The summed E-state index contributed by atoms with van der Waals surface area (Å²) >= 11 is 7.62. The third-order valence-electron chi connectivity index (χ3n) is 2.84. The minimum atomic E-state index is 0.565. The summed E-state index contributed by atoms with van der Waals surface area (Å²) in [6.45, 7) is 3.12. The second kappa shape index (κ2) is 4.37. The zero-order chi connectivity index (χ0) is 12.7. The predicted octanol–water partition coefficient (Wildman–Crippen LogP) is 3.73. The van der Waals surface area contributed by atoms with E-state index in [0.717, 1.165) is 26.1 Å². The number of fused-ring (bicyclic) bond motifs is 1. The second-order valence-electron chi connectivity index (χ2n) is 4.15. The smallest absolute Gasteiger partial charge is 0.163 e. The molecule has 1 aromatic carbocycles. The van der Waals surface area contributed by atoms with E-state index in [1.807, 2.05) is 25.1 Å². The van der Waals surface area contributed by atoms with E-state index < -0.39 is 0 Å².